The van der Waals surface area contributed by atoms with Gasteiger partial charge >= 0.3 is 0 Å². The van der Waals surface area contributed by atoms with Gasteiger partial charge < -0.3 is 4.90 Å². The molecule has 154 valence electrons. The zero-order valence-corrected chi connectivity index (χ0v) is 18.1. The smallest absolute Gasteiger partial charge is 0.243 e. The lowest BCUT2D eigenvalue weighted by molar-refractivity contribution is -0.123. The van der Waals surface area contributed by atoms with Crippen molar-refractivity contribution in [1.82, 2.24) is 4.31 Å². The van der Waals surface area contributed by atoms with Crippen LogP contribution in [0.25, 0.3) is 0 Å². The van der Waals surface area contributed by atoms with Crippen LogP contribution in [0.1, 0.15) is 35.1 Å². The highest BCUT2D eigenvalue weighted by Gasteiger charge is 2.36. The Kier molecular flexibility index (Phi) is 5.25. The average Bonchev–Trinajstić information content (AvgIpc) is 3.15. The standard InChI is InChI=1S/C23H28N2O3S/c1-16-7-8-21(15-18(16)3)29(27,28)24-12-9-20(10-13-24)23(26)25-14-11-19-6-4-5-17(2)22(19)25/h4-8,15,20H,9-14H2,1-3H3. The van der Waals surface area contributed by atoms with E-state index in [1.54, 1.807) is 12.1 Å². The summed E-state index contributed by atoms with van der Waals surface area (Å²) in [5.41, 5.74) is 5.47. The summed E-state index contributed by atoms with van der Waals surface area (Å²) in [7, 11) is -3.52. The molecular weight excluding hydrogens is 384 g/mol. The Balaban J connectivity index is 1.46. The van der Waals surface area contributed by atoms with Crippen LogP contribution in [0.4, 0.5) is 5.69 Å². The van der Waals surface area contributed by atoms with E-state index in [0.29, 0.717) is 30.8 Å². The molecule has 0 radical (unpaired) electrons. The minimum Gasteiger partial charge on any atom is -0.311 e. The van der Waals surface area contributed by atoms with Gasteiger partial charge in [-0.05, 0) is 74.4 Å². The van der Waals surface area contributed by atoms with Crippen LogP contribution in [0.5, 0.6) is 0 Å². The zero-order chi connectivity index (χ0) is 20.8. The van der Waals surface area contributed by atoms with E-state index in [1.165, 1.54) is 9.87 Å². The monoisotopic (exact) mass is 412 g/mol. The van der Waals surface area contributed by atoms with Gasteiger partial charge in [0.25, 0.3) is 0 Å². The molecule has 0 atom stereocenters. The fourth-order valence-electron chi connectivity index (χ4n) is 4.46. The maximum Gasteiger partial charge on any atom is 0.243 e. The molecule has 5 nitrogen and oxygen atoms in total. The number of carbonyl (C=O) groups is 1. The second kappa shape index (κ2) is 7.58. The third-order valence-corrected chi connectivity index (χ3v) is 8.28. The molecule has 2 aliphatic heterocycles. The first-order valence-corrected chi connectivity index (χ1v) is 11.7. The first kappa shape index (κ1) is 20.1. The van der Waals surface area contributed by atoms with E-state index >= 15 is 0 Å². The van der Waals surface area contributed by atoms with Gasteiger partial charge in [-0.25, -0.2) is 8.42 Å². The highest BCUT2D eigenvalue weighted by Crippen LogP contribution is 2.34. The van der Waals surface area contributed by atoms with Gasteiger partial charge in [0.15, 0.2) is 0 Å². The molecule has 2 aromatic rings. The zero-order valence-electron chi connectivity index (χ0n) is 17.3. The summed E-state index contributed by atoms with van der Waals surface area (Å²) in [5, 5.41) is 0. The van der Waals surface area contributed by atoms with Crippen LogP contribution in [-0.4, -0.2) is 38.3 Å². The molecule has 0 spiro atoms. The number of hydrogen-bond donors (Lipinski definition) is 0. The summed E-state index contributed by atoms with van der Waals surface area (Å²) >= 11 is 0. The van der Waals surface area contributed by atoms with Gasteiger partial charge in [0.1, 0.15) is 0 Å². The van der Waals surface area contributed by atoms with Crippen LogP contribution < -0.4 is 4.90 Å². The van der Waals surface area contributed by atoms with Crippen LogP contribution in [0.3, 0.4) is 0 Å². The summed E-state index contributed by atoms with van der Waals surface area (Å²) in [6.45, 7) is 7.44. The summed E-state index contributed by atoms with van der Waals surface area (Å²) in [6, 6.07) is 11.5. The number of rotatable bonds is 3. The summed E-state index contributed by atoms with van der Waals surface area (Å²) in [6.07, 6.45) is 2.03. The molecule has 0 aliphatic carbocycles. The normalized spacial score (nSPS) is 18.1. The third-order valence-electron chi connectivity index (χ3n) is 6.38. The maximum absolute atomic E-state index is 13.2. The van der Waals surface area contributed by atoms with Crippen LogP contribution in [0.2, 0.25) is 0 Å². The molecule has 6 heteroatoms. The lowest BCUT2D eigenvalue weighted by Gasteiger charge is -2.33. The minimum atomic E-state index is -3.52. The number of nitrogens with zero attached hydrogens (tertiary/aromatic N) is 2. The molecule has 1 amide bonds. The number of piperidine rings is 1. The first-order chi connectivity index (χ1) is 13.8. The third kappa shape index (κ3) is 3.60. The van der Waals surface area contributed by atoms with Crippen LogP contribution in [-0.2, 0) is 21.2 Å². The topological polar surface area (TPSA) is 57.7 Å². The Morgan fingerprint density at radius 2 is 1.66 bits per heavy atom. The van der Waals surface area contributed by atoms with E-state index in [9.17, 15) is 13.2 Å². The number of carbonyl (C=O) groups excluding carboxylic acids is 1. The van der Waals surface area contributed by atoms with E-state index < -0.39 is 10.0 Å². The van der Waals surface area contributed by atoms with Gasteiger partial charge in [-0.15, -0.1) is 0 Å². The van der Waals surface area contributed by atoms with Crippen molar-refractivity contribution in [2.75, 3.05) is 24.5 Å². The van der Waals surface area contributed by atoms with Gasteiger partial charge in [-0.1, -0.05) is 24.3 Å². The van der Waals surface area contributed by atoms with E-state index in [-0.39, 0.29) is 11.8 Å². The molecule has 2 heterocycles. The Morgan fingerprint density at radius 3 is 2.34 bits per heavy atom. The van der Waals surface area contributed by atoms with Crippen LogP contribution in [0, 0.1) is 26.7 Å². The molecule has 0 saturated carbocycles. The Bertz CT molecular complexity index is 1050. The Morgan fingerprint density at radius 1 is 0.931 bits per heavy atom. The predicted molar refractivity (Wildman–Crippen MR) is 115 cm³/mol. The van der Waals surface area contributed by atoms with Crippen molar-refractivity contribution in [3.63, 3.8) is 0 Å². The quantitative estimate of drug-likeness (QED) is 0.774. The molecule has 0 aromatic heterocycles. The largest absolute Gasteiger partial charge is 0.311 e. The summed E-state index contributed by atoms with van der Waals surface area (Å²) in [5.74, 6) is 0.0213. The predicted octanol–water partition coefficient (Wildman–Crippen LogP) is 3.60. The number of aryl methyl sites for hydroxylation is 3. The molecule has 1 saturated heterocycles. The summed E-state index contributed by atoms with van der Waals surface area (Å²) < 4.78 is 27.6. The van der Waals surface area contributed by atoms with Crippen molar-refractivity contribution in [3.8, 4) is 0 Å². The number of hydrogen-bond acceptors (Lipinski definition) is 3. The number of para-hydroxylation sites is 1. The van der Waals surface area contributed by atoms with Crippen molar-refractivity contribution < 1.29 is 13.2 Å². The van der Waals surface area contributed by atoms with Gasteiger partial charge in [0, 0.05) is 31.2 Å². The molecule has 0 unspecified atom stereocenters. The minimum absolute atomic E-state index is 0.119. The first-order valence-electron chi connectivity index (χ1n) is 10.3. The number of amides is 1. The van der Waals surface area contributed by atoms with E-state index in [4.69, 9.17) is 0 Å². The fourth-order valence-corrected chi connectivity index (χ4v) is 6.01. The van der Waals surface area contributed by atoms with Crippen molar-refractivity contribution in [1.29, 1.82) is 0 Å². The molecule has 2 aromatic carbocycles. The molecule has 4 rings (SSSR count). The molecular formula is C23H28N2O3S. The highest BCUT2D eigenvalue weighted by molar-refractivity contribution is 7.89. The molecule has 29 heavy (non-hydrogen) atoms. The van der Waals surface area contributed by atoms with Gasteiger partial charge in [-0.3, -0.25) is 4.79 Å². The van der Waals surface area contributed by atoms with Crippen molar-refractivity contribution in [2.24, 2.45) is 5.92 Å². The number of fused-ring (bicyclic) bond motifs is 1. The van der Waals surface area contributed by atoms with Crippen molar-refractivity contribution in [3.05, 3.63) is 58.7 Å². The molecule has 2 aliphatic rings. The Labute approximate surface area is 173 Å². The number of sulfonamides is 1. The Hall–Kier alpha value is -2.18. The summed E-state index contributed by atoms with van der Waals surface area (Å²) in [4.78, 5) is 15.4. The second-order valence-corrected chi connectivity index (χ2v) is 10.2. The van der Waals surface area contributed by atoms with E-state index in [1.807, 2.05) is 43.9 Å². The van der Waals surface area contributed by atoms with Gasteiger partial charge in [0.05, 0.1) is 4.90 Å². The van der Waals surface area contributed by atoms with Gasteiger partial charge in [-0.2, -0.15) is 4.31 Å². The fraction of sp³-hybridized carbons (Fsp3) is 0.435. The van der Waals surface area contributed by atoms with Crippen LogP contribution in [0.15, 0.2) is 41.3 Å². The second-order valence-electron chi connectivity index (χ2n) is 8.25. The number of anilines is 1. The molecule has 0 bridgehead atoms. The van der Waals surface area contributed by atoms with Gasteiger partial charge in [0.2, 0.25) is 15.9 Å². The molecule has 0 N–H and O–H groups in total. The van der Waals surface area contributed by atoms with E-state index in [2.05, 4.69) is 6.07 Å². The average molecular weight is 413 g/mol. The van der Waals surface area contributed by atoms with Crippen molar-refractivity contribution >= 4 is 21.6 Å². The van der Waals surface area contributed by atoms with Crippen LogP contribution >= 0.6 is 0 Å². The lowest BCUT2D eigenvalue weighted by Crippen LogP contribution is -2.44. The number of benzene rings is 2. The lowest BCUT2D eigenvalue weighted by atomic mass is 9.96. The maximum atomic E-state index is 13.2. The van der Waals surface area contributed by atoms with E-state index in [0.717, 1.165) is 35.3 Å². The SMILES string of the molecule is Cc1ccc(S(=O)(=O)N2CCC(C(=O)N3CCc4cccc(C)c43)CC2)cc1C. The molecule has 1 fully saturated rings. The van der Waals surface area contributed by atoms with Crippen molar-refractivity contribution in [2.45, 2.75) is 44.9 Å². The highest BCUT2D eigenvalue weighted by atomic mass is 32.2.